The lowest BCUT2D eigenvalue weighted by Gasteiger charge is -2.10. The normalized spacial score (nSPS) is 11.1. The van der Waals surface area contributed by atoms with Gasteiger partial charge in [-0.15, -0.1) is 0 Å². The van der Waals surface area contributed by atoms with Gasteiger partial charge in [0.2, 0.25) is 5.88 Å². The molecule has 3 rings (SSSR count). The van der Waals surface area contributed by atoms with Crippen molar-refractivity contribution < 1.29 is 13.9 Å². The fourth-order valence-corrected chi connectivity index (χ4v) is 2.23. The minimum atomic E-state index is -0.416. The summed E-state index contributed by atoms with van der Waals surface area (Å²) in [5.74, 6) is -0.0544. The smallest absolute Gasteiger partial charge is 0.258 e. The van der Waals surface area contributed by atoms with E-state index >= 15 is 0 Å². The molecule has 0 aliphatic rings. The quantitative estimate of drug-likeness (QED) is 0.590. The van der Waals surface area contributed by atoms with Gasteiger partial charge in [0.15, 0.2) is 0 Å². The number of fused-ring (bicyclic) bond motifs is 3. The third-order valence-corrected chi connectivity index (χ3v) is 3.17. The zero-order valence-electron chi connectivity index (χ0n) is 11.4. The number of methoxy groups -OCH3 is 1. The van der Waals surface area contributed by atoms with Gasteiger partial charge in [0.25, 0.3) is 5.56 Å². The molecule has 0 atom stereocenters. The molecule has 2 heterocycles. The topological polar surface area (TPSA) is 64.2 Å². The highest BCUT2D eigenvalue weighted by Gasteiger charge is 2.12. The molecule has 0 fully saturated rings. The third-order valence-electron chi connectivity index (χ3n) is 3.17. The van der Waals surface area contributed by atoms with E-state index in [-0.39, 0.29) is 5.56 Å². The number of pyridine rings is 2. The lowest BCUT2D eigenvalue weighted by atomic mass is 10.1. The van der Waals surface area contributed by atoms with E-state index in [0.717, 1.165) is 0 Å². The van der Waals surface area contributed by atoms with E-state index in [1.54, 1.807) is 19.2 Å². The van der Waals surface area contributed by atoms with E-state index < -0.39 is 5.82 Å². The summed E-state index contributed by atoms with van der Waals surface area (Å²) in [5.41, 5.74) is 0.156. The zero-order chi connectivity index (χ0) is 14.8. The first-order chi connectivity index (χ1) is 10.2. The Labute approximate surface area is 119 Å². The van der Waals surface area contributed by atoms with E-state index in [2.05, 4.69) is 9.97 Å². The predicted molar refractivity (Wildman–Crippen MR) is 77.2 cm³/mol. The highest BCUT2D eigenvalue weighted by atomic mass is 19.1. The van der Waals surface area contributed by atoms with Gasteiger partial charge in [-0.25, -0.2) is 9.37 Å². The molecule has 0 aliphatic carbocycles. The lowest BCUT2D eigenvalue weighted by Crippen LogP contribution is -2.09. The number of benzene rings is 1. The number of hydrogen-bond donors (Lipinski definition) is 1. The van der Waals surface area contributed by atoms with Crippen LogP contribution in [0.5, 0.6) is 5.88 Å². The molecule has 0 amide bonds. The maximum atomic E-state index is 13.5. The molecule has 1 N–H and O–H groups in total. The molecule has 0 saturated heterocycles. The third kappa shape index (κ3) is 2.45. The van der Waals surface area contributed by atoms with E-state index in [1.165, 1.54) is 18.3 Å². The lowest BCUT2D eigenvalue weighted by molar-refractivity contribution is 0.145. The number of rotatable bonds is 4. The van der Waals surface area contributed by atoms with Crippen molar-refractivity contribution in [1.29, 1.82) is 0 Å². The van der Waals surface area contributed by atoms with Gasteiger partial charge in [-0.3, -0.25) is 4.79 Å². The molecule has 0 bridgehead atoms. The molecule has 0 saturated carbocycles. The first-order valence-corrected chi connectivity index (χ1v) is 6.43. The number of H-pyrrole nitrogens is 1. The van der Waals surface area contributed by atoms with Crippen LogP contribution >= 0.6 is 0 Å². The second-order valence-electron chi connectivity index (χ2n) is 4.52. The van der Waals surface area contributed by atoms with Gasteiger partial charge in [0.1, 0.15) is 12.4 Å². The van der Waals surface area contributed by atoms with Gasteiger partial charge in [-0.05, 0) is 24.3 Å². The van der Waals surface area contributed by atoms with E-state index in [9.17, 15) is 9.18 Å². The Kier molecular flexibility index (Phi) is 3.53. The second kappa shape index (κ2) is 5.49. The second-order valence-corrected chi connectivity index (χ2v) is 4.52. The number of nitrogens with one attached hydrogen (secondary N) is 1. The minimum Gasteiger partial charge on any atom is -0.475 e. The molecular formula is C15H13FN2O3. The summed E-state index contributed by atoms with van der Waals surface area (Å²) in [5, 5.41) is 1.43. The first kappa shape index (κ1) is 13.5. The molecule has 3 aromatic rings. The van der Waals surface area contributed by atoms with Crippen molar-refractivity contribution in [1.82, 2.24) is 9.97 Å². The molecule has 5 nitrogen and oxygen atoms in total. The Morgan fingerprint density at radius 2 is 2.10 bits per heavy atom. The molecule has 21 heavy (non-hydrogen) atoms. The molecule has 6 heteroatoms. The molecule has 1 aromatic carbocycles. The van der Waals surface area contributed by atoms with Gasteiger partial charge in [0, 0.05) is 24.1 Å². The van der Waals surface area contributed by atoms with E-state index in [0.29, 0.717) is 40.8 Å². The van der Waals surface area contributed by atoms with Gasteiger partial charge in [-0.1, -0.05) is 0 Å². The highest BCUT2D eigenvalue weighted by Crippen LogP contribution is 2.29. The first-order valence-electron chi connectivity index (χ1n) is 6.43. The Hall–Kier alpha value is -2.47. The average molecular weight is 288 g/mol. The van der Waals surface area contributed by atoms with Crippen LogP contribution in [0.25, 0.3) is 21.7 Å². The van der Waals surface area contributed by atoms with Crippen molar-refractivity contribution in [2.45, 2.75) is 0 Å². The molecule has 2 aromatic heterocycles. The van der Waals surface area contributed by atoms with Gasteiger partial charge < -0.3 is 14.5 Å². The highest BCUT2D eigenvalue weighted by molar-refractivity contribution is 6.07. The number of ether oxygens (including phenoxy) is 2. The van der Waals surface area contributed by atoms with Crippen LogP contribution in [0.3, 0.4) is 0 Å². The van der Waals surface area contributed by atoms with E-state index in [4.69, 9.17) is 9.47 Å². The summed E-state index contributed by atoms with van der Waals surface area (Å²) < 4.78 is 24.1. The van der Waals surface area contributed by atoms with Crippen LogP contribution in [0, 0.1) is 5.82 Å². The number of nitrogens with zero attached hydrogens (tertiary/aromatic N) is 1. The summed E-state index contributed by atoms with van der Waals surface area (Å²) in [6.07, 6.45) is 1.50. The number of aromatic amines is 1. The van der Waals surface area contributed by atoms with Crippen molar-refractivity contribution >= 4 is 21.7 Å². The van der Waals surface area contributed by atoms with Crippen LogP contribution in [-0.2, 0) is 4.74 Å². The monoisotopic (exact) mass is 288 g/mol. The molecule has 0 aliphatic heterocycles. The molecule has 0 radical (unpaired) electrons. The van der Waals surface area contributed by atoms with Gasteiger partial charge >= 0.3 is 0 Å². The Balaban J connectivity index is 2.29. The van der Waals surface area contributed by atoms with Crippen LogP contribution in [0.2, 0.25) is 0 Å². The average Bonchev–Trinajstić information content (AvgIpc) is 2.47. The van der Waals surface area contributed by atoms with Crippen LogP contribution in [0.15, 0.2) is 35.3 Å². The standard InChI is InChI=1S/C15H13FN2O3/c1-20-6-7-21-15-10-3-2-9(16)8-11(10)13-12(18-15)4-5-17-14(13)19/h2-5,8H,6-7H2,1H3,(H,17,19). The number of halogens is 1. The summed E-state index contributed by atoms with van der Waals surface area (Å²) in [4.78, 5) is 18.9. The summed E-state index contributed by atoms with van der Waals surface area (Å²) in [7, 11) is 1.57. The van der Waals surface area contributed by atoms with Crippen molar-refractivity contribution in [2.75, 3.05) is 20.3 Å². The van der Waals surface area contributed by atoms with E-state index in [1.807, 2.05) is 0 Å². The van der Waals surface area contributed by atoms with Crippen molar-refractivity contribution in [3.8, 4) is 5.88 Å². The summed E-state index contributed by atoms with van der Waals surface area (Å²) in [6.45, 7) is 0.739. The summed E-state index contributed by atoms with van der Waals surface area (Å²) >= 11 is 0. The number of aromatic nitrogens is 2. The fraction of sp³-hybridized carbons (Fsp3) is 0.200. The Bertz CT molecular complexity index is 861. The number of hydrogen-bond acceptors (Lipinski definition) is 4. The van der Waals surface area contributed by atoms with Crippen LogP contribution in [-0.4, -0.2) is 30.3 Å². The molecule has 108 valence electrons. The van der Waals surface area contributed by atoms with Crippen molar-refractivity contribution in [3.63, 3.8) is 0 Å². The van der Waals surface area contributed by atoms with Crippen LogP contribution in [0.4, 0.5) is 4.39 Å². The molecule has 0 unspecified atom stereocenters. The van der Waals surface area contributed by atoms with Crippen molar-refractivity contribution in [3.05, 3.63) is 46.6 Å². The summed E-state index contributed by atoms with van der Waals surface area (Å²) in [6, 6.07) is 5.85. The van der Waals surface area contributed by atoms with Crippen molar-refractivity contribution in [2.24, 2.45) is 0 Å². The zero-order valence-corrected chi connectivity index (χ0v) is 11.4. The Morgan fingerprint density at radius 3 is 2.90 bits per heavy atom. The Morgan fingerprint density at radius 1 is 1.24 bits per heavy atom. The SMILES string of the molecule is COCCOc1nc2cc[nH]c(=O)c2c2cc(F)ccc12. The fourth-order valence-electron chi connectivity index (χ4n) is 2.23. The maximum absolute atomic E-state index is 13.5. The molecular weight excluding hydrogens is 275 g/mol. The van der Waals surface area contributed by atoms with Crippen LogP contribution < -0.4 is 10.3 Å². The molecule has 0 spiro atoms. The van der Waals surface area contributed by atoms with Gasteiger partial charge in [0.05, 0.1) is 17.5 Å². The largest absolute Gasteiger partial charge is 0.475 e. The minimum absolute atomic E-state index is 0.306. The van der Waals surface area contributed by atoms with Crippen LogP contribution in [0.1, 0.15) is 0 Å². The van der Waals surface area contributed by atoms with Gasteiger partial charge in [-0.2, -0.15) is 0 Å². The maximum Gasteiger partial charge on any atom is 0.258 e. The predicted octanol–water partition coefficient (Wildman–Crippen LogP) is 2.24.